The van der Waals surface area contributed by atoms with Gasteiger partial charge in [-0.15, -0.1) is 24.8 Å². The van der Waals surface area contributed by atoms with Gasteiger partial charge in [0.2, 0.25) is 0 Å². The Hall–Kier alpha value is -1.01. The molecular formula is C9H9ClF3NO2. The predicted octanol–water partition coefficient (Wildman–Crippen LogP) is 2.74. The van der Waals surface area contributed by atoms with Gasteiger partial charge in [0.05, 0.1) is 24.4 Å². The van der Waals surface area contributed by atoms with Gasteiger partial charge in [-0.05, 0) is 12.1 Å². The van der Waals surface area contributed by atoms with Crippen LogP contribution in [0.15, 0.2) is 18.3 Å². The van der Waals surface area contributed by atoms with Crippen molar-refractivity contribution in [3.05, 3.63) is 24.0 Å². The van der Waals surface area contributed by atoms with Crippen LogP contribution in [0.4, 0.5) is 13.2 Å². The molecule has 1 aromatic heterocycles. The fourth-order valence-corrected chi connectivity index (χ4v) is 1.05. The molecule has 7 heteroatoms. The fraction of sp³-hybridized carbons (Fsp3) is 0.444. The van der Waals surface area contributed by atoms with Crippen molar-refractivity contribution in [3.63, 3.8) is 0 Å². The first-order chi connectivity index (χ1) is 7.51. The minimum absolute atomic E-state index is 0.193. The molecule has 1 rings (SSSR count). The normalized spacial score (nSPS) is 11.5. The second-order valence-corrected chi connectivity index (χ2v) is 3.03. The Morgan fingerprint density at radius 1 is 1.25 bits per heavy atom. The number of pyridine rings is 1. The molecule has 0 aliphatic carbocycles. The Balaban J connectivity index is 2.27. The van der Waals surface area contributed by atoms with Gasteiger partial charge in [0.25, 0.3) is 0 Å². The SMILES string of the molecule is FC(F)(F)OCCOc1ccc(CCl)nc1. The van der Waals surface area contributed by atoms with Crippen molar-refractivity contribution in [2.24, 2.45) is 0 Å². The molecule has 0 unspecified atom stereocenters. The number of hydrogen-bond acceptors (Lipinski definition) is 3. The van der Waals surface area contributed by atoms with Gasteiger partial charge in [-0.2, -0.15) is 0 Å². The maximum absolute atomic E-state index is 11.6. The second kappa shape index (κ2) is 5.91. The Morgan fingerprint density at radius 3 is 2.50 bits per heavy atom. The molecule has 3 nitrogen and oxygen atoms in total. The summed E-state index contributed by atoms with van der Waals surface area (Å²) >= 11 is 5.51. The molecule has 0 spiro atoms. The molecule has 0 aliphatic heterocycles. The molecular weight excluding hydrogens is 247 g/mol. The molecule has 0 N–H and O–H groups in total. The van der Waals surface area contributed by atoms with Gasteiger partial charge in [0.15, 0.2) is 0 Å². The van der Waals surface area contributed by atoms with E-state index >= 15 is 0 Å². The Labute approximate surface area is 95.1 Å². The quantitative estimate of drug-likeness (QED) is 0.599. The zero-order valence-electron chi connectivity index (χ0n) is 8.13. The third kappa shape index (κ3) is 5.18. The van der Waals surface area contributed by atoms with E-state index in [9.17, 15) is 13.2 Å². The standard InChI is InChI=1S/C9H9ClF3NO2/c10-5-7-1-2-8(6-14-7)15-3-4-16-9(11,12)13/h1-2,6H,3-5H2. The van der Waals surface area contributed by atoms with E-state index in [4.69, 9.17) is 16.3 Å². The minimum atomic E-state index is -4.62. The van der Waals surface area contributed by atoms with Gasteiger partial charge in [0, 0.05) is 0 Å². The van der Waals surface area contributed by atoms with Crippen LogP contribution in [-0.2, 0) is 10.6 Å². The van der Waals surface area contributed by atoms with Crippen LogP contribution in [0.2, 0.25) is 0 Å². The number of nitrogens with zero attached hydrogens (tertiary/aromatic N) is 1. The van der Waals surface area contributed by atoms with E-state index in [2.05, 4.69) is 9.72 Å². The van der Waals surface area contributed by atoms with Crippen LogP contribution in [0, 0.1) is 0 Å². The maximum atomic E-state index is 11.6. The molecule has 16 heavy (non-hydrogen) atoms. The van der Waals surface area contributed by atoms with Crippen molar-refractivity contribution in [1.29, 1.82) is 0 Å². The summed E-state index contributed by atoms with van der Waals surface area (Å²) in [6.45, 7) is -0.748. The predicted molar refractivity (Wildman–Crippen MR) is 51.3 cm³/mol. The average molecular weight is 256 g/mol. The van der Waals surface area contributed by atoms with Gasteiger partial charge in [-0.3, -0.25) is 9.72 Å². The molecule has 0 fully saturated rings. The molecule has 0 radical (unpaired) electrons. The van der Waals surface area contributed by atoms with E-state index < -0.39 is 13.0 Å². The zero-order valence-corrected chi connectivity index (χ0v) is 8.88. The van der Waals surface area contributed by atoms with Crippen molar-refractivity contribution in [2.45, 2.75) is 12.2 Å². The zero-order chi connectivity index (χ0) is 12.0. The highest BCUT2D eigenvalue weighted by Gasteiger charge is 2.28. The summed E-state index contributed by atoms with van der Waals surface area (Å²) in [6.07, 6.45) is -3.23. The lowest BCUT2D eigenvalue weighted by molar-refractivity contribution is -0.325. The molecule has 1 heterocycles. The van der Waals surface area contributed by atoms with Gasteiger partial charge >= 0.3 is 6.36 Å². The van der Waals surface area contributed by atoms with Crippen molar-refractivity contribution in [3.8, 4) is 5.75 Å². The third-order valence-corrected chi connectivity index (χ3v) is 1.83. The fourth-order valence-electron chi connectivity index (χ4n) is 0.892. The van der Waals surface area contributed by atoms with Crippen LogP contribution in [0.5, 0.6) is 5.75 Å². The summed E-state index contributed by atoms with van der Waals surface area (Å²) in [4.78, 5) is 3.90. The maximum Gasteiger partial charge on any atom is 0.522 e. The second-order valence-electron chi connectivity index (χ2n) is 2.76. The van der Waals surface area contributed by atoms with Gasteiger partial charge in [-0.1, -0.05) is 0 Å². The molecule has 90 valence electrons. The van der Waals surface area contributed by atoms with Crippen LogP contribution in [0.1, 0.15) is 5.69 Å². The molecule has 0 saturated carbocycles. The topological polar surface area (TPSA) is 31.4 Å². The van der Waals surface area contributed by atoms with Crippen LogP contribution in [-0.4, -0.2) is 24.6 Å². The number of ether oxygens (including phenoxy) is 2. The highest BCUT2D eigenvalue weighted by molar-refractivity contribution is 6.16. The molecule has 0 aliphatic rings. The van der Waals surface area contributed by atoms with Crippen LogP contribution < -0.4 is 4.74 Å². The molecule has 0 saturated heterocycles. The summed E-state index contributed by atoms with van der Waals surface area (Å²) in [5.41, 5.74) is 0.667. The molecule has 0 amide bonds. The monoisotopic (exact) mass is 255 g/mol. The number of halogens is 4. The van der Waals surface area contributed by atoms with Gasteiger partial charge < -0.3 is 4.74 Å². The van der Waals surface area contributed by atoms with E-state index in [1.54, 1.807) is 12.1 Å². The largest absolute Gasteiger partial charge is 0.522 e. The van der Waals surface area contributed by atoms with E-state index in [1.165, 1.54) is 6.20 Å². The third-order valence-electron chi connectivity index (χ3n) is 1.55. The molecule has 1 aromatic rings. The van der Waals surface area contributed by atoms with Gasteiger partial charge in [0.1, 0.15) is 12.4 Å². The first kappa shape index (κ1) is 13.1. The van der Waals surface area contributed by atoms with E-state index in [0.29, 0.717) is 11.4 Å². The molecule has 0 bridgehead atoms. The molecule has 0 aromatic carbocycles. The number of hydrogen-bond donors (Lipinski definition) is 0. The summed E-state index contributed by atoms with van der Waals surface area (Å²) in [5, 5.41) is 0. The smallest absolute Gasteiger partial charge is 0.490 e. The van der Waals surface area contributed by atoms with E-state index in [0.717, 1.165) is 0 Å². The van der Waals surface area contributed by atoms with Crippen molar-refractivity contribution in [1.82, 2.24) is 4.98 Å². The summed E-state index contributed by atoms with van der Waals surface area (Å²) < 4.78 is 43.2. The van der Waals surface area contributed by atoms with Crippen LogP contribution in [0.3, 0.4) is 0 Å². The Bertz CT molecular complexity index is 316. The highest BCUT2D eigenvalue weighted by atomic mass is 35.5. The van der Waals surface area contributed by atoms with Crippen molar-refractivity contribution >= 4 is 11.6 Å². The highest BCUT2D eigenvalue weighted by Crippen LogP contribution is 2.16. The number of aromatic nitrogens is 1. The van der Waals surface area contributed by atoms with Crippen LogP contribution >= 0.6 is 11.6 Å². The molecule has 0 atom stereocenters. The average Bonchev–Trinajstić information content (AvgIpc) is 2.24. The first-order valence-corrected chi connectivity index (χ1v) is 4.89. The number of alkyl halides is 4. The van der Waals surface area contributed by atoms with E-state index in [-0.39, 0.29) is 12.5 Å². The summed E-state index contributed by atoms with van der Waals surface area (Å²) in [6, 6.07) is 3.21. The van der Waals surface area contributed by atoms with Crippen molar-refractivity contribution in [2.75, 3.05) is 13.2 Å². The lowest BCUT2D eigenvalue weighted by Gasteiger charge is -2.08. The lowest BCUT2D eigenvalue weighted by atomic mass is 10.4. The first-order valence-electron chi connectivity index (χ1n) is 4.35. The number of rotatable bonds is 5. The van der Waals surface area contributed by atoms with Crippen molar-refractivity contribution < 1.29 is 22.6 Å². The van der Waals surface area contributed by atoms with Crippen LogP contribution in [0.25, 0.3) is 0 Å². The Kier molecular flexibility index (Phi) is 4.82. The minimum Gasteiger partial charge on any atom is -0.490 e. The van der Waals surface area contributed by atoms with E-state index in [1.807, 2.05) is 0 Å². The lowest BCUT2D eigenvalue weighted by Crippen LogP contribution is -2.18. The summed E-state index contributed by atoms with van der Waals surface area (Å²) in [7, 11) is 0. The van der Waals surface area contributed by atoms with Gasteiger partial charge in [-0.25, -0.2) is 0 Å². The summed E-state index contributed by atoms with van der Waals surface area (Å²) in [5.74, 6) is 0.650. The Morgan fingerprint density at radius 2 is 2.00 bits per heavy atom.